The average Bonchev–Trinajstić information content (AvgIpc) is 0.818. The third-order valence-corrected chi connectivity index (χ3v) is 17.1. The molecule has 1 aromatic carbocycles. The number of hydrogen-bond donors (Lipinski definition) is 5. The average molecular weight is 1600 g/mol. The second-order valence-corrected chi connectivity index (χ2v) is 39.5. The minimum Gasteiger partial charge on any atom is -0.460 e. The predicted octanol–water partition coefficient (Wildman–Crippen LogP) is 14.9. The van der Waals surface area contributed by atoms with E-state index in [0.717, 1.165) is 0 Å². The highest BCUT2D eigenvalue weighted by Gasteiger charge is 2.43. The van der Waals surface area contributed by atoms with Crippen molar-refractivity contribution in [3.63, 3.8) is 0 Å². The third kappa shape index (κ3) is 48.2. The van der Waals surface area contributed by atoms with Crippen LogP contribution in [0.4, 0.5) is 5.69 Å². The standard InChI is InChI=1S/C86H145N5O22/c1-57(2)59-31-30-58(56-60(59)87)73(104)91-86(44-32-61(92)88-83(47-35-64(95)105-74(3,4)5,48-36-65(96)106-75(6,7)8)49-37-66(97)107-76(9,10)11,45-33-62(93)89-84(50-38-67(98)108-77(12,13)14,51-39-68(99)109-78(15,16)17)52-40-69(100)110-79(18,19)20)46-34-63(94)90-85(53-41-70(101)111-80(21,22)23,54-42-71(102)112-81(24,25)26)55-43-72(103)113-82(27,28)29/h30-31,56-57H,32-55,87H2,1-29H3,(H,88,92)(H,89,93)(H,90,94)(H,91,104). The van der Waals surface area contributed by atoms with E-state index in [-0.39, 0.29) is 133 Å². The van der Waals surface area contributed by atoms with Crippen LogP contribution in [-0.4, -0.2) is 150 Å². The molecular formula is C86H145N5O22. The van der Waals surface area contributed by atoms with Gasteiger partial charge in [0.15, 0.2) is 0 Å². The Morgan fingerprint density at radius 2 is 0.425 bits per heavy atom. The van der Waals surface area contributed by atoms with Crippen LogP contribution in [0.15, 0.2) is 18.2 Å². The molecule has 0 unspecified atom stereocenters. The van der Waals surface area contributed by atoms with Gasteiger partial charge in [0, 0.05) is 110 Å². The Kier molecular flexibility index (Phi) is 38.9. The van der Waals surface area contributed by atoms with Crippen LogP contribution in [0.25, 0.3) is 0 Å². The summed E-state index contributed by atoms with van der Waals surface area (Å²) in [5, 5.41) is 12.5. The molecule has 0 heterocycles. The van der Waals surface area contributed by atoms with Crippen molar-refractivity contribution >= 4 is 83.0 Å². The van der Waals surface area contributed by atoms with Crippen LogP contribution in [0.5, 0.6) is 0 Å². The normalized spacial score (nSPS) is 13.0. The number of carbonyl (C=O) groups excluding carboxylic acids is 13. The van der Waals surface area contributed by atoms with Gasteiger partial charge in [-0.3, -0.25) is 62.3 Å². The molecule has 0 saturated heterocycles. The maximum Gasteiger partial charge on any atom is 0.306 e. The van der Waals surface area contributed by atoms with E-state index in [1.54, 1.807) is 199 Å². The van der Waals surface area contributed by atoms with Crippen LogP contribution in [0.2, 0.25) is 0 Å². The first-order valence-electron chi connectivity index (χ1n) is 40.0. The summed E-state index contributed by atoms with van der Waals surface area (Å²) in [6, 6.07) is 4.71. The van der Waals surface area contributed by atoms with Crippen molar-refractivity contribution in [2.45, 2.75) is 433 Å². The summed E-state index contributed by atoms with van der Waals surface area (Å²) in [4.78, 5) is 186. The summed E-state index contributed by atoms with van der Waals surface area (Å²) >= 11 is 0. The SMILES string of the molecule is CC(C)c1ccc(C(=O)NC(CCC(=O)NC(CCC(=O)OC(C)(C)C)(CCC(=O)OC(C)(C)C)CCC(=O)OC(C)(C)C)(CCC(=O)NC(CCC(=O)OC(C)(C)C)(CCC(=O)OC(C)(C)C)CCC(=O)OC(C)(C)C)CCC(=O)NC(CCC(=O)OC(C)(C)C)(CCC(=O)OC(C)(C)C)CCC(=O)OC(C)(C)C)cc1N. The molecule has 1 aromatic rings. The van der Waals surface area contributed by atoms with Crippen LogP contribution in [0.3, 0.4) is 0 Å². The van der Waals surface area contributed by atoms with E-state index in [1.165, 1.54) is 6.07 Å². The molecule has 27 heteroatoms. The number of amides is 4. The van der Waals surface area contributed by atoms with Gasteiger partial charge in [-0.2, -0.15) is 0 Å². The minimum atomic E-state index is -1.85. The summed E-state index contributed by atoms with van der Waals surface area (Å²) in [6.45, 7) is 49.3. The Balaban J connectivity index is 4.91. The molecule has 0 atom stereocenters. The van der Waals surface area contributed by atoms with Gasteiger partial charge in [-0.05, 0) is 288 Å². The number of rotatable bonds is 42. The summed E-state index contributed by atoms with van der Waals surface area (Å²) in [5.74, 6) is -8.96. The lowest BCUT2D eigenvalue weighted by molar-refractivity contribution is -0.158. The largest absolute Gasteiger partial charge is 0.460 e. The van der Waals surface area contributed by atoms with Gasteiger partial charge >= 0.3 is 53.7 Å². The molecule has 0 aliphatic rings. The molecule has 27 nitrogen and oxygen atoms in total. The molecule has 0 spiro atoms. The summed E-state index contributed by atoms with van der Waals surface area (Å²) in [5.41, 5.74) is -7.34. The Morgan fingerprint density at radius 1 is 0.265 bits per heavy atom. The fourth-order valence-corrected chi connectivity index (χ4v) is 12.5. The van der Waals surface area contributed by atoms with Crippen molar-refractivity contribution in [1.29, 1.82) is 0 Å². The molecule has 0 aliphatic carbocycles. The van der Waals surface area contributed by atoms with Crippen LogP contribution < -0.4 is 27.0 Å². The Hall–Kier alpha value is -7.87. The first-order valence-corrected chi connectivity index (χ1v) is 40.0. The lowest BCUT2D eigenvalue weighted by atomic mass is 9.80. The lowest BCUT2D eigenvalue weighted by Crippen LogP contribution is -2.54. The first kappa shape index (κ1) is 103. The smallest absolute Gasteiger partial charge is 0.306 e. The molecular weight excluding hydrogens is 1450 g/mol. The van der Waals surface area contributed by atoms with Gasteiger partial charge in [0.05, 0.1) is 0 Å². The zero-order valence-electron chi connectivity index (χ0n) is 74.3. The highest BCUT2D eigenvalue weighted by molar-refractivity contribution is 5.96. The molecule has 0 radical (unpaired) electrons. The van der Waals surface area contributed by atoms with Crippen LogP contribution in [0.1, 0.15) is 377 Å². The van der Waals surface area contributed by atoms with Gasteiger partial charge in [-0.15, -0.1) is 0 Å². The maximum absolute atomic E-state index is 15.6. The van der Waals surface area contributed by atoms with E-state index >= 15 is 19.2 Å². The summed E-state index contributed by atoms with van der Waals surface area (Å²) in [6.07, 6.45) is -7.21. The fourth-order valence-electron chi connectivity index (χ4n) is 12.5. The van der Waals surface area contributed by atoms with E-state index in [2.05, 4.69) is 21.3 Å². The van der Waals surface area contributed by atoms with Crippen LogP contribution >= 0.6 is 0 Å². The Labute approximate surface area is 674 Å². The van der Waals surface area contributed by atoms with Crippen molar-refractivity contribution in [1.82, 2.24) is 21.3 Å². The molecule has 0 bridgehead atoms. The first-order chi connectivity index (χ1) is 50.9. The highest BCUT2D eigenvalue weighted by Crippen LogP contribution is 2.36. The number of nitrogens with one attached hydrogen (secondary N) is 4. The second kappa shape index (κ2) is 42.7. The van der Waals surface area contributed by atoms with Crippen molar-refractivity contribution < 1.29 is 105 Å². The zero-order valence-corrected chi connectivity index (χ0v) is 74.3. The van der Waals surface area contributed by atoms with Crippen molar-refractivity contribution in [2.75, 3.05) is 5.73 Å². The molecule has 6 N–H and O–H groups in total. The molecule has 0 fully saturated rings. The predicted molar refractivity (Wildman–Crippen MR) is 431 cm³/mol. The Morgan fingerprint density at radius 3 is 0.575 bits per heavy atom. The fraction of sp³-hybridized carbons (Fsp3) is 0.779. The number of nitrogen functional groups attached to an aromatic ring is 1. The van der Waals surface area contributed by atoms with Crippen LogP contribution in [0, 0.1) is 0 Å². The topological polar surface area (TPSA) is 379 Å². The number of nitrogens with two attached hydrogens (primary N) is 1. The maximum atomic E-state index is 15.6. The molecule has 0 saturated carbocycles. The number of ether oxygens (including phenoxy) is 9. The Bertz CT molecular complexity index is 2850. The van der Waals surface area contributed by atoms with E-state index in [4.69, 9.17) is 48.4 Å². The third-order valence-electron chi connectivity index (χ3n) is 17.1. The summed E-state index contributed by atoms with van der Waals surface area (Å²) in [7, 11) is 0. The van der Waals surface area contributed by atoms with Gasteiger partial charge in [0.25, 0.3) is 5.91 Å². The highest BCUT2D eigenvalue weighted by atomic mass is 16.6. The quantitative estimate of drug-likeness (QED) is 0.0230. The number of anilines is 1. The second-order valence-electron chi connectivity index (χ2n) is 39.5. The van der Waals surface area contributed by atoms with Crippen LogP contribution in [-0.2, 0) is 100 Å². The number of esters is 9. The van der Waals surface area contributed by atoms with Crippen molar-refractivity contribution in [3.8, 4) is 0 Å². The van der Waals surface area contributed by atoms with E-state index in [1.807, 2.05) is 13.8 Å². The molecule has 0 aromatic heterocycles. The van der Waals surface area contributed by atoms with Crippen molar-refractivity contribution in [2.24, 2.45) is 0 Å². The zero-order chi connectivity index (χ0) is 87.6. The van der Waals surface area contributed by atoms with Crippen molar-refractivity contribution in [3.05, 3.63) is 29.3 Å². The minimum absolute atomic E-state index is 0.0379. The molecule has 646 valence electrons. The summed E-state index contributed by atoms with van der Waals surface area (Å²) < 4.78 is 51.7. The molecule has 1 rings (SSSR count). The van der Waals surface area contributed by atoms with E-state index in [9.17, 15) is 43.2 Å². The molecule has 113 heavy (non-hydrogen) atoms. The van der Waals surface area contributed by atoms with E-state index in [0.29, 0.717) is 5.56 Å². The number of benzene rings is 1. The van der Waals surface area contributed by atoms with Gasteiger partial charge in [-0.25, -0.2) is 0 Å². The number of hydrogen-bond acceptors (Lipinski definition) is 23. The van der Waals surface area contributed by atoms with Gasteiger partial charge in [0.1, 0.15) is 50.4 Å². The van der Waals surface area contributed by atoms with Gasteiger partial charge in [-0.1, -0.05) is 19.9 Å². The molecule has 0 aliphatic heterocycles. The van der Waals surface area contributed by atoms with Gasteiger partial charge in [0.2, 0.25) is 17.7 Å². The lowest BCUT2D eigenvalue weighted by Gasteiger charge is -2.39. The van der Waals surface area contributed by atoms with E-state index < -0.39 is 188 Å². The number of carbonyl (C=O) groups is 13. The van der Waals surface area contributed by atoms with Gasteiger partial charge < -0.3 is 69.6 Å². The molecule has 4 amide bonds. The monoisotopic (exact) mass is 1600 g/mol.